The van der Waals surface area contributed by atoms with E-state index in [1.54, 1.807) is 11.9 Å². The van der Waals surface area contributed by atoms with Crippen LogP contribution < -0.4 is 0 Å². The molecule has 1 rings (SSSR count). The van der Waals surface area contributed by atoms with E-state index in [0.717, 1.165) is 5.56 Å². The number of nitrogens with zero attached hydrogens (tertiary/aromatic N) is 1. The normalized spacial score (nSPS) is 12.3. The van der Waals surface area contributed by atoms with Gasteiger partial charge in [-0.05, 0) is 26.3 Å². The molecule has 0 bridgehead atoms. The molecule has 1 aromatic rings. The quantitative estimate of drug-likeness (QED) is 0.784. The molecule has 0 aliphatic heterocycles. The van der Waals surface area contributed by atoms with Crippen LogP contribution in [-0.4, -0.2) is 24.1 Å². The predicted octanol–water partition coefficient (Wildman–Crippen LogP) is 3.22. The Morgan fingerprint density at radius 2 is 1.75 bits per heavy atom. The third-order valence-electron chi connectivity index (χ3n) is 2.49. The summed E-state index contributed by atoms with van der Waals surface area (Å²) >= 11 is 0. The van der Waals surface area contributed by atoms with Crippen molar-refractivity contribution in [3.05, 3.63) is 35.9 Å². The SMILES string of the molecule is CC(C)OC(=O)N(C)C(C)c1ccccc1. The van der Waals surface area contributed by atoms with E-state index in [-0.39, 0.29) is 18.2 Å². The topological polar surface area (TPSA) is 29.5 Å². The first-order chi connectivity index (χ1) is 7.52. The lowest BCUT2D eigenvalue weighted by atomic mass is 10.1. The molecule has 1 unspecified atom stereocenters. The van der Waals surface area contributed by atoms with E-state index in [2.05, 4.69) is 0 Å². The molecule has 0 aromatic heterocycles. The van der Waals surface area contributed by atoms with Gasteiger partial charge in [-0.3, -0.25) is 0 Å². The molecule has 1 amide bonds. The molecule has 0 fully saturated rings. The highest BCUT2D eigenvalue weighted by Crippen LogP contribution is 2.18. The fourth-order valence-corrected chi connectivity index (χ4v) is 1.40. The number of carbonyl (C=O) groups is 1. The molecule has 0 aliphatic rings. The summed E-state index contributed by atoms with van der Waals surface area (Å²) in [7, 11) is 1.75. The molecule has 3 nitrogen and oxygen atoms in total. The number of carbonyl (C=O) groups excluding carboxylic acids is 1. The summed E-state index contributed by atoms with van der Waals surface area (Å²) in [6.45, 7) is 5.68. The fourth-order valence-electron chi connectivity index (χ4n) is 1.40. The Hall–Kier alpha value is -1.51. The molecule has 0 aliphatic carbocycles. The fraction of sp³-hybridized carbons (Fsp3) is 0.462. The maximum atomic E-state index is 11.7. The van der Waals surface area contributed by atoms with E-state index in [4.69, 9.17) is 4.74 Å². The van der Waals surface area contributed by atoms with Crippen LogP contribution in [0.3, 0.4) is 0 Å². The predicted molar refractivity (Wildman–Crippen MR) is 64.2 cm³/mol. The molecule has 0 radical (unpaired) electrons. The van der Waals surface area contributed by atoms with Gasteiger partial charge in [0, 0.05) is 7.05 Å². The molecule has 0 saturated heterocycles. The van der Waals surface area contributed by atoms with Crippen molar-refractivity contribution in [3.8, 4) is 0 Å². The molecular formula is C13H19NO2. The minimum atomic E-state index is -0.286. The van der Waals surface area contributed by atoms with Gasteiger partial charge < -0.3 is 9.64 Å². The number of ether oxygens (including phenoxy) is 1. The second kappa shape index (κ2) is 5.54. The molecule has 0 heterocycles. The van der Waals surface area contributed by atoms with Gasteiger partial charge in [-0.25, -0.2) is 4.79 Å². The van der Waals surface area contributed by atoms with E-state index in [9.17, 15) is 4.79 Å². The zero-order valence-electron chi connectivity index (χ0n) is 10.3. The van der Waals surface area contributed by atoms with Gasteiger partial charge in [-0.1, -0.05) is 30.3 Å². The second-order valence-electron chi connectivity index (χ2n) is 4.13. The van der Waals surface area contributed by atoms with Gasteiger partial charge in [0.1, 0.15) is 0 Å². The number of rotatable bonds is 3. The number of hydrogen-bond donors (Lipinski definition) is 0. The van der Waals surface area contributed by atoms with Crippen LogP contribution in [0, 0.1) is 0 Å². The molecule has 3 heteroatoms. The van der Waals surface area contributed by atoms with E-state index in [1.807, 2.05) is 51.1 Å². The molecular weight excluding hydrogens is 202 g/mol. The minimum Gasteiger partial charge on any atom is -0.447 e. The van der Waals surface area contributed by atoms with E-state index in [1.165, 1.54) is 0 Å². The highest BCUT2D eigenvalue weighted by atomic mass is 16.6. The van der Waals surface area contributed by atoms with Gasteiger partial charge >= 0.3 is 6.09 Å². The number of amides is 1. The van der Waals surface area contributed by atoms with Gasteiger partial charge in [0.05, 0.1) is 12.1 Å². The zero-order valence-corrected chi connectivity index (χ0v) is 10.3. The van der Waals surface area contributed by atoms with Gasteiger partial charge in [0.25, 0.3) is 0 Å². The summed E-state index contributed by atoms with van der Waals surface area (Å²) in [6.07, 6.45) is -0.371. The van der Waals surface area contributed by atoms with Crippen molar-refractivity contribution in [2.75, 3.05) is 7.05 Å². The standard InChI is InChI=1S/C13H19NO2/c1-10(2)16-13(15)14(4)11(3)12-8-6-5-7-9-12/h5-11H,1-4H3. The molecule has 88 valence electrons. The Balaban J connectivity index is 2.67. The van der Waals surface area contributed by atoms with Crippen molar-refractivity contribution in [3.63, 3.8) is 0 Å². The molecule has 16 heavy (non-hydrogen) atoms. The monoisotopic (exact) mass is 221 g/mol. The van der Waals surface area contributed by atoms with Crippen LogP contribution >= 0.6 is 0 Å². The first-order valence-corrected chi connectivity index (χ1v) is 5.50. The molecule has 0 spiro atoms. The average molecular weight is 221 g/mol. The third-order valence-corrected chi connectivity index (χ3v) is 2.49. The maximum absolute atomic E-state index is 11.7. The van der Waals surface area contributed by atoms with Crippen molar-refractivity contribution >= 4 is 6.09 Å². The Labute approximate surface area is 97.0 Å². The van der Waals surface area contributed by atoms with Crippen molar-refractivity contribution in [1.82, 2.24) is 4.90 Å². The highest BCUT2D eigenvalue weighted by molar-refractivity contribution is 5.68. The molecule has 0 saturated carbocycles. The summed E-state index contributed by atoms with van der Waals surface area (Å²) in [5.41, 5.74) is 1.10. The summed E-state index contributed by atoms with van der Waals surface area (Å²) in [6, 6.07) is 9.92. The highest BCUT2D eigenvalue weighted by Gasteiger charge is 2.18. The van der Waals surface area contributed by atoms with E-state index in [0.29, 0.717) is 0 Å². The van der Waals surface area contributed by atoms with E-state index >= 15 is 0 Å². The molecule has 1 aromatic carbocycles. The van der Waals surface area contributed by atoms with Crippen LogP contribution in [0.25, 0.3) is 0 Å². The maximum Gasteiger partial charge on any atom is 0.410 e. The first-order valence-electron chi connectivity index (χ1n) is 5.50. The summed E-state index contributed by atoms with van der Waals surface area (Å²) in [5, 5.41) is 0. The van der Waals surface area contributed by atoms with Crippen molar-refractivity contribution in [2.24, 2.45) is 0 Å². The Morgan fingerprint density at radius 1 is 1.19 bits per heavy atom. The van der Waals surface area contributed by atoms with Gasteiger partial charge in [0.2, 0.25) is 0 Å². The van der Waals surface area contributed by atoms with Crippen molar-refractivity contribution in [1.29, 1.82) is 0 Å². The smallest absolute Gasteiger partial charge is 0.410 e. The van der Waals surface area contributed by atoms with Crippen LogP contribution in [0.15, 0.2) is 30.3 Å². The summed E-state index contributed by atoms with van der Waals surface area (Å²) in [5.74, 6) is 0. The van der Waals surface area contributed by atoms with Crippen molar-refractivity contribution < 1.29 is 9.53 Å². The van der Waals surface area contributed by atoms with Gasteiger partial charge in [-0.2, -0.15) is 0 Å². The largest absolute Gasteiger partial charge is 0.447 e. The zero-order chi connectivity index (χ0) is 12.1. The van der Waals surface area contributed by atoms with Crippen LogP contribution in [0.5, 0.6) is 0 Å². The lowest BCUT2D eigenvalue weighted by molar-refractivity contribution is 0.0744. The number of benzene rings is 1. The number of hydrogen-bond acceptors (Lipinski definition) is 2. The van der Waals surface area contributed by atoms with Gasteiger partial charge in [-0.15, -0.1) is 0 Å². The Bertz CT molecular complexity index is 335. The minimum absolute atomic E-state index is 0.0208. The second-order valence-corrected chi connectivity index (χ2v) is 4.13. The summed E-state index contributed by atoms with van der Waals surface area (Å²) < 4.78 is 5.14. The molecule has 1 atom stereocenters. The average Bonchev–Trinajstić information content (AvgIpc) is 2.27. The lowest BCUT2D eigenvalue weighted by Crippen LogP contribution is -2.31. The Kier molecular flexibility index (Phi) is 4.35. The third kappa shape index (κ3) is 3.26. The molecule has 0 N–H and O–H groups in total. The lowest BCUT2D eigenvalue weighted by Gasteiger charge is -2.25. The van der Waals surface area contributed by atoms with Crippen LogP contribution in [0.1, 0.15) is 32.4 Å². The van der Waals surface area contributed by atoms with Crippen molar-refractivity contribution in [2.45, 2.75) is 32.9 Å². The Morgan fingerprint density at radius 3 is 2.25 bits per heavy atom. The van der Waals surface area contributed by atoms with Crippen LogP contribution in [0.4, 0.5) is 4.79 Å². The summed E-state index contributed by atoms with van der Waals surface area (Å²) in [4.78, 5) is 13.3. The van der Waals surface area contributed by atoms with Crippen LogP contribution in [0.2, 0.25) is 0 Å². The first kappa shape index (κ1) is 12.6. The van der Waals surface area contributed by atoms with E-state index < -0.39 is 0 Å². The van der Waals surface area contributed by atoms with Crippen LogP contribution in [-0.2, 0) is 4.74 Å². The van der Waals surface area contributed by atoms with Gasteiger partial charge in [0.15, 0.2) is 0 Å².